The van der Waals surface area contributed by atoms with Gasteiger partial charge in [0.15, 0.2) is 0 Å². The van der Waals surface area contributed by atoms with E-state index in [1.165, 1.54) is 19.2 Å². The molecule has 0 fully saturated rings. The number of rotatable bonds is 2. The van der Waals surface area contributed by atoms with E-state index in [1.807, 2.05) is 0 Å². The highest BCUT2D eigenvalue weighted by Gasteiger charge is 2.03. The first kappa shape index (κ1) is 10.5. The van der Waals surface area contributed by atoms with Crippen LogP contribution >= 0.6 is 38.5 Å². The lowest BCUT2D eigenvalue weighted by molar-refractivity contribution is 1.08. The van der Waals surface area contributed by atoms with E-state index < -0.39 is 0 Å². The molecule has 0 bridgehead atoms. The molecule has 0 heterocycles. The second-order valence-electron chi connectivity index (χ2n) is 2.74. The standard InChI is InChI=1S/C10H12BrI/c1-3-7-6-10(12)8(4-2)5-9(7)11/h5-6H,3-4H2,1-2H3. The van der Waals surface area contributed by atoms with E-state index in [2.05, 4.69) is 64.5 Å². The topological polar surface area (TPSA) is 0 Å². The van der Waals surface area contributed by atoms with Crippen LogP contribution < -0.4 is 0 Å². The van der Waals surface area contributed by atoms with Crippen molar-refractivity contribution in [2.24, 2.45) is 0 Å². The lowest BCUT2D eigenvalue weighted by atomic mass is 10.1. The molecule has 0 N–H and O–H groups in total. The Bertz CT molecular complexity index is 252. The summed E-state index contributed by atoms with van der Waals surface area (Å²) in [4.78, 5) is 0. The minimum atomic E-state index is 1.10. The lowest BCUT2D eigenvalue weighted by Crippen LogP contribution is -1.91. The summed E-state index contributed by atoms with van der Waals surface area (Å²) >= 11 is 5.98. The summed E-state index contributed by atoms with van der Waals surface area (Å²) in [5.74, 6) is 0. The van der Waals surface area contributed by atoms with Crippen LogP contribution in [-0.4, -0.2) is 0 Å². The monoisotopic (exact) mass is 338 g/mol. The molecule has 12 heavy (non-hydrogen) atoms. The van der Waals surface area contributed by atoms with Crippen molar-refractivity contribution in [3.63, 3.8) is 0 Å². The number of benzene rings is 1. The molecule has 0 atom stereocenters. The molecule has 0 amide bonds. The van der Waals surface area contributed by atoms with E-state index in [9.17, 15) is 0 Å². The zero-order valence-electron chi connectivity index (χ0n) is 7.32. The Kier molecular flexibility index (Phi) is 4.03. The van der Waals surface area contributed by atoms with Crippen molar-refractivity contribution >= 4 is 38.5 Å². The molecule has 0 saturated carbocycles. The molecule has 0 aliphatic rings. The average Bonchev–Trinajstić information content (AvgIpc) is 2.08. The van der Waals surface area contributed by atoms with Crippen molar-refractivity contribution in [2.45, 2.75) is 26.7 Å². The van der Waals surface area contributed by atoms with E-state index in [-0.39, 0.29) is 0 Å². The van der Waals surface area contributed by atoms with Gasteiger partial charge in [0.25, 0.3) is 0 Å². The molecule has 1 rings (SSSR count). The lowest BCUT2D eigenvalue weighted by Gasteiger charge is -2.06. The molecular weight excluding hydrogens is 327 g/mol. The van der Waals surface area contributed by atoms with Crippen molar-refractivity contribution in [3.05, 3.63) is 31.3 Å². The third-order valence-corrected chi connectivity index (χ3v) is 3.72. The Balaban J connectivity index is 3.16. The second kappa shape index (κ2) is 4.61. The SMILES string of the molecule is CCc1cc(I)c(CC)cc1Br. The van der Waals surface area contributed by atoms with E-state index in [4.69, 9.17) is 0 Å². The van der Waals surface area contributed by atoms with E-state index in [0.29, 0.717) is 0 Å². The Hall–Kier alpha value is 0.430. The van der Waals surface area contributed by atoms with Crippen LogP contribution in [0, 0.1) is 3.57 Å². The van der Waals surface area contributed by atoms with Gasteiger partial charge in [-0.1, -0.05) is 29.8 Å². The molecule has 2 heteroatoms. The second-order valence-corrected chi connectivity index (χ2v) is 4.76. The third-order valence-electron chi connectivity index (χ3n) is 1.98. The first-order valence-electron chi connectivity index (χ1n) is 4.15. The van der Waals surface area contributed by atoms with E-state index >= 15 is 0 Å². The average molecular weight is 339 g/mol. The van der Waals surface area contributed by atoms with Crippen molar-refractivity contribution in [3.8, 4) is 0 Å². The summed E-state index contributed by atoms with van der Waals surface area (Å²) in [6.45, 7) is 4.37. The largest absolute Gasteiger partial charge is 0.0613 e. The van der Waals surface area contributed by atoms with Crippen LogP contribution in [0.2, 0.25) is 0 Å². The maximum absolute atomic E-state index is 3.58. The molecule has 0 aliphatic heterocycles. The zero-order chi connectivity index (χ0) is 9.14. The van der Waals surface area contributed by atoms with Gasteiger partial charge in [-0.05, 0) is 58.7 Å². The molecule has 1 aromatic carbocycles. The normalized spacial score (nSPS) is 10.3. The third kappa shape index (κ3) is 2.22. The molecule has 0 aromatic heterocycles. The van der Waals surface area contributed by atoms with Crippen LogP contribution in [0.15, 0.2) is 16.6 Å². The molecule has 0 nitrogen and oxygen atoms in total. The molecular formula is C10H12BrI. The summed E-state index contributed by atoms with van der Waals surface area (Å²) in [6, 6.07) is 4.50. The first-order chi connectivity index (χ1) is 5.69. The molecule has 0 unspecified atom stereocenters. The predicted octanol–water partition coefficient (Wildman–Crippen LogP) is 4.18. The number of hydrogen-bond acceptors (Lipinski definition) is 0. The van der Waals surface area contributed by atoms with E-state index in [1.54, 1.807) is 0 Å². The Morgan fingerprint density at radius 2 is 1.75 bits per heavy atom. The molecule has 1 aromatic rings. The zero-order valence-corrected chi connectivity index (χ0v) is 11.1. The summed E-state index contributed by atoms with van der Waals surface area (Å²) < 4.78 is 2.64. The molecule has 0 radical (unpaired) electrons. The number of hydrogen-bond donors (Lipinski definition) is 0. The van der Waals surface area contributed by atoms with Gasteiger partial charge in [0.2, 0.25) is 0 Å². The highest BCUT2D eigenvalue weighted by Crippen LogP contribution is 2.24. The van der Waals surface area contributed by atoms with Gasteiger partial charge >= 0.3 is 0 Å². The van der Waals surface area contributed by atoms with Gasteiger partial charge in [0, 0.05) is 8.04 Å². The first-order valence-corrected chi connectivity index (χ1v) is 6.03. The number of aryl methyl sites for hydroxylation is 2. The van der Waals surface area contributed by atoms with E-state index in [0.717, 1.165) is 12.8 Å². The van der Waals surface area contributed by atoms with Gasteiger partial charge in [-0.3, -0.25) is 0 Å². The fourth-order valence-corrected chi connectivity index (χ4v) is 2.76. The van der Waals surface area contributed by atoms with Crippen molar-refractivity contribution in [2.75, 3.05) is 0 Å². The molecule has 0 spiro atoms. The van der Waals surface area contributed by atoms with Crippen molar-refractivity contribution in [1.82, 2.24) is 0 Å². The Labute approximate surface area is 96.0 Å². The van der Waals surface area contributed by atoms with Crippen molar-refractivity contribution in [1.29, 1.82) is 0 Å². The predicted molar refractivity (Wildman–Crippen MR) is 65.6 cm³/mol. The van der Waals surface area contributed by atoms with Crippen LogP contribution in [0.5, 0.6) is 0 Å². The maximum atomic E-state index is 3.58. The van der Waals surface area contributed by atoms with Gasteiger partial charge in [-0.25, -0.2) is 0 Å². The molecule has 66 valence electrons. The van der Waals surface area contributed by atoms with Gasteiger partial charge < -0.3 is 0 Å². The molecule has 0 aliphatic carbocycles. The van der Waals surface area contributed by atoms with Gasteiger partial charge in [-0.15, -0.1) is 0 Å². The molecule has 0 saturated heterocycles. The fraction of sp³-hybridized carbons (Fsp3) is 0.400. The number of halogens is 2. The highest BCUT2D eigenvalue weighted by molar-refractivity contribution is 14.1. The Morgan fingerprint density at radius 1 is 1.17 bits per heavy atom. The fourth-order valence-electron chi connectivity index (χ4n) is 1.17. The van der Waals surface area contributed by atoms with Crippen LogP contribution in [0.25, 0.3) is 0 Å². The van der Waals surface area contributed by atoms with Gasteiger partial charge in [-0.2, -0.15) is 0 Å². The summed E-state index contributed by atoms with van der Waals surface area (Å²) in [5, 5.41) is 0. The van der Waals surface area contributed by atoms with Crippen LogP contribution in [0.1, 0.15) is 25.0 Å². The summed E-state index contributed by atoms with van der Waals surface area (Å²) in [7, 11) is 0. The maximum Gasteiger partial charge on any atom is 0.0210 e. The minimum Gasteiger partial charge on any atom is -0.0613 e. The smallest absolute Gasteiger partial charge is 0.0210 e. The Morgan fingerprint density at radius 3 is 2.25 bits per heavy atom. The van der Waals surface area contributed by atoms with Crippen molar-refractivity contribution < 1.29 is 0 Å². The van der Waals surface area contributed by atoms with Crippen LogP contribution in [0.4, 0.5) is 0 Å². The van der Waals surface area contributed by atoms with Gasteiger partial charge in [0.1, 0.15) is 0 Å². The quantitative estimate of drug-likeness (QED) is 0.710. The highest BCUT2D eigenvalue weighted by atomic mass is 127. The van der Waals surface area contributed by atoms with Gasteiger partial charge in [0.05, 0.1) is 0 Å². The van der Waals surface area contributed by atoms with Crippen LogP contribution in [-0.2, 0) is 12.8 Å². The minimum absolute atomic E-state index is 1.10. The van der Waals surface area contributed by atoms with Crippen LogP contribution in [0.3, 0.4) is 0 Å². The summed E-state index contributed by atoms with van der Waals surface area (Å²) in [6.07, 6.45) is 2.21. The summed E-state index contributed by atoms with van der Waals surface area (Å²) in [5.41, 5.74) is 2.83.